The zero-order valence-corrected chi connectivity index (χ0v) is 15.2. The second-order valence-electron chi connectivity index (χ2n) is 6.76. The van der Waals surface area contributed by atoms with E-state index in [4.69, 9.17) is 9.15 Å². The molecule has 0 N–H and O–H groups in total. The molecule has 1 atom stereocenters. The molecule has 0 unspecified atom stereocenters. The minimum absolute atomic E-state index is 0.0510. The van der Waals surface area contributed by atoms with Crippen molar-refractivity contribution >= 4 is 5.91 Å². The van der Waals surface area contributed by atoms with Crippen molar-refractivity contribution in [3.8, 4) is 5.75 Å². The fourth-order valence-electron chi connectivity index (χ4n) is 3.25. The van der Waals surface area contributed by atoms with Crippen LogP contribution in [-0.2, 0) is 6.42 Å². The van der Waals surface area contributed by atoms with Crippen LogP contribution in [0.1, 0.15) is 47.5 Å². The third-order valence-corrected chi connectivity index (χ3v) is 4.62. The molecule has 0 radical (unpaired) electrons. The summed E-state index contributed by atoms with van der Waals surface area (Å²) < 4.78 is 11.6. The fraction of sp³-hybridized carbons (Fsp3) is 0.500. The number of ether oxygens (including phenoxy) is 1. The highest BCUT2D eigenvalue weighted by Gasteiger charge is 2.28. The van der Waals surface area contributed by atoms with Gasteiger partial charge in [0.1, 0.15) is 5.75 Å². The molecule has 134 valence electrons. The lowest BCUT2D eigenvalue weighted by Crippen LogP contribution is -2.41. The first kappa shape index (κ1) is 17.5. The molecule has 3 rings (SSSR count). The van der Waals surface area contributed by atoms with Crippen molar-refractivity contribution in [3.05, 3.63) is 47.2 Å². The van der Waals surface area contributed by atoms with Crippen molar-refractivity contribution in [2.24, 2.45) is 5.92 Å². The van der Waals surface area contributed by atoms with Crippen LogP contribution in [0, 0.1) is 19.8 Å². The van der Waals surface area contributed by atoms with Crippen molar-refractivity contribution < 1.29 is 13.9 Å². The number of hydrogen-bond acceptors (Lipinski definition) is 4. The molecule has 1 fully saturated rings. The van der Waals surface area contributed by atoms with E-state index < -0.39 is 0 Å². The van der Waals surface area contributed by atoms with Crippen LogP contribution >= 0.6 is 0 Å². The summed E-state index contributed by atoms with van der Waals surface area (Å²) in [4.78, 5) is 19.0. The van der Waals surface area contributed by atoms with Crippen LogP contribution < -0.4 is 4.74 Å². The van der Waals surface area contributed by atoms with Gasteiger partial charge in [-0.05, 0) is 44.4 Å². The number of oxazole rings is 1. The number of carbonyl (C=O) groups excluding carboxylic acids is 1. The third-order valence-electron chi connectivity index (χ3n) is 4.62. The molecule has 1 aromatic carbocycles. The quantitative estimate of drug-likeness (QED) is 0.830. The first-order chi connectivity index (χ1) is 12.1. The maximum atomic E-state index is 12.8. The monoisotopic (exact) mass is 342 g/mol. The van der Waals surface area contributed by atoms with Crippen LogP contribution in [-0.4, -0.2) is 35.5 Å². The molecule has 1 amide bonds. The molecule has 25 heavy (non-hydrogen) atoms. The average Bonchev–Trinajstić information content (AvgIpc) is 3.00. The maximum absolute atomic E-state index is 12.8. The molecule has 0 aliphatic carbocycles. The highest BCUT2D eigenvalue weighted by molar-refractivity contribution is 5.92. The van der Waals surface area contributed by atoms with Crippen LogP contribution in [0.3, 0.4) is 0 Å². The Bertz CT molecular complexity index is 738. The Morgan fingerprint density at radius 3 is 2.96 bits per heavy atom. The number of carbonyl (C=O) groups is 1. The highest BCUT2D eigenvalue weighted by Crippen LogP contribution is 2.22. The van der Waals surface area contributed by atoms with E-state index in [2.05, 4.69) is 18.0 Å². The number of likely N-dealkylation sites (tertiary alicyclic amines) is 1. The van der Waals surface area contributed by atoms with Gasteiger partial charge in [-0.2, -0.15) is 0 Å². The van der Waals surface area contributed by atoms with E-state index in [9.17, 15) is 4.79 Å². The average molecular weight is 342 g/mol. The van der Waals surface area contributed by atoms with E-state index in [1.54, 1.807) is 0 Å². The van der Waals surface area contributed by atoms with Gasteiger partial charge in [0, 0.05) is 25.4 Å². The number of benzene rings is 1. The number of amides is 1. The lowest BCUT2D eigenvalue weighted by molar-refractivity contribution is 0.0599. The molecular weight excluding hydrogens is 316 g/mol. The summed E-state index contributed by atoms with van der Waals surface area (Å²) in [5.41, 5.74) is 1.87. The number of piperidine rings is 1. The van der Waals surface area contributed by atoms with Gasteiger partial charge in [0.2, 0.25) is 5.76 Å². The van der Waals surface area contributed by atoms with Gasteiger partial charge in [-0.25, -0.2) is 4.98 Å². The number of aromatic nitrogens is 1. The molecule has 0 saturated carbocycles. The summed E-state index contributed by atoms with van der Waals surface area (Å²) in [6.45, 7) is 7.95. The van der Waals surface area contributed by atoms with E-state index in [1.165, 1.54) is 5.56 Å². The summed E-state index contributed by atoms with van der Waals surface area (Å²) >= 11 is 0. The molecule has 1 aromatic heterocycles. The van der Waals surface area contributed by atoms with Crippen LogP contribution in [0.15, 0.2) is 28.7 Å². The Morgan fingerprint density at radius 2 is 2.24 bits per heavy atom. The largest absolute Gasteiger partial charge is 0.493 e. The van der Waals surface area contributed by atoms with Crippen molar-refractivity contribution in [2.75, 3.05) is 19.7 Å². The molecule has 5 nitrogen and oxygen atoms in total. The Hall–Kier alpha value is -2.30. The molecule has 0 spiro atoms. The number of aryl methyl sites for hydroxylation is 3. The number of nitrogens with zero attached hydrogens (tertiary/aromatic N) is 2. The third kappa shape index (κ3) is 4.21. The molecule has 2 heterocycles. The first-order valence-corrected chi connectivity index (χ1v) is 9.02. The van der Waals surface area contributed by atoms with Gasteiger partial charge >= 0.3 is 0 Å². The van der Waals surface area contributed by atoms with Crippen molar-refractivity contribution in [1.29, 1.82) is 0 Å². The van der Waals surface area contributed by atoms with Crippen LogP contribution in [0.2, 0.25) is 0 Å². The van der Waals surface area contributed by atoms with Gasteiger partial charge < -0.3 is 14.1 Å². The molecule has 1 saturated heterocycles. The Kier molecular flexibility index (Phi) is 5.41. The van der Waals surface area contributed by atoms with Crippen molar-refractivity contribution in [1.82, 2.24) is 9.88 Å². The topological polar surface area (TPSA) is 55.6 Å². The maximum Gasteiger partial charge on any atom is 0.291 e. The lowest BCUT2D eigenvalue weighted by atomic mass is 9.98. The fourth-order valence-corrected chi connectivity index (χ4v) is 3.25. The number of rotatable bonds is 5. The predicted octanol–water partition coefficient (Wildman–Crippen LogP) is 3.79. The molecule has 0 bridgehead atoms. The van der Waals surface area contributed by atoms with Crippen LogP contribution in [0.25, 0.3) is 0 Å². The van der Waals surface area contributed by atoms with Gasteiger partial charge in [-0.15, -0.1) is 0 Å². The lowest BCUT2D eigenvalue weighted by Gasteiger charge is -2.32. The summed E-state index contributed by atoms with van der Waals surface area (Å²) in [5, 5.41) is 0. The van der Waals surface area contributed by atoms with Crippen molar-refractivity contribution in [3.63, 3.8) is 0 Å². The van der Waals surface area contributed by atoms with Crippen LogP contribution in [0.4, 0.5) is 0 Å². The van der Waals surface area contributed by atoms with Crippen LogP contribution in [0.5, 0.6) is 5.75 Å². The zero-order valence-electron chi connectivity index (χ0n) is 15.2. The Balaban J connectivity index is 1.60. The van der Waals surface area contributed by atoms with E-state index in [-0.39, 0.29) is 5.91 Å². The minimum atomic E-state index is -0.0510. The Morgan fingerprint density at radius 1 is 1.40 bits per heavy atom. The highest BCUT2D eigenvalue weighted by atomic mass is 16.5. The predicted molar refractivity (Wildman–Crippen MR) is 95.9 cm³/mol. The van der Waals surface area contributed by atoms with Gasteiger partial charge in [0.05, 0.1) is 12.3 Å². The second-order valence-corrected chi connectivity index (χ2v) is 6.76. The van der Waals surface area contributed by atoms with E-state index in [0.29, 0.717) is 42.8 Å². The van der Waals surface area contributed by atoms with Gasteiger partial charge in [-0.1, -0.05) is 19.1 Å². The number of hydrogen-bond donors (Lipinski definition) is 0. The molecule has 2 aromatic rings. The minimum Gasteiger partial charge on any atom is -0.493 e. The Labute approximate surface area is 149 Å². The van der Waals surface area contributed by atoms with E-state index >= 15 is 0 Å². The molecule has 1 aliphatic heterocycles. The normalized spacial score (nSPS) is 17.6. The first-order valence-electron chi connectivity index (χ1n) is 9.02. The van der Waals surface area contributed by atoms with Gasteiger partial charge in [0.15, 0.2) is 5.89 Å². The van der Waals surface area contributed by atoms with E-state index in [0.717, 1.165) is 25.1 Å². The smallest absolute Gasteiger partial charge is 0.291 e. The SMILES string of the molecule is CCc1nc(C)c(C(=O)N2CCC[C@H](COc3cccc(C)c3)C2)o1. The molecular formula is C20H26N2O3. The summed E-state index contributed by atoms with van der Waals surface area (Å²) in [7, 11) is 0. The second kappa shape index (κ2) is 7.72. The summed E-state index contributed by atoms with van der Waals surface area (Å²) in [6.07, 6.45) is 2.76. The zero-order chi connectivity index (χ0) is 17.8. The van der Waals surface area contributed by atoms with Gasteiger partial charge in [0.25, 0.3) is 5.91 Å². The molecule has 5 heteroatoms. The summed E-state index contributed by atoms with van der Waals surface area (Å²) in [5.74, 6) is 2.19. The standard InChI is InChI=1S/C20H26N2O3/c1-4-18-21-15(3)19(25-18)20(23)22-10-6-8-16(12-22)13-24-17-9-5-7-14(2)11-17/h5,7,9,11,16H,4,6,8,10,12-13H2,1-3H3/t16-/m0/s1. The summed E-state index contributed by atoms with van der Waals surface area (Å²) in [6, 6.07) is 8.07. The van der Waals surface area contributed by atoms with Crippen molar-refractivity contribution in [2.45, 2.75) is 40.0 Å². The van der Waals surface area contributed by atoms with E-state index in [1.807, 2.05) is 36.9 Å². The molecule has 1 aliphatic rings. The van der Waals surface area contributed by atoms with Gasteiger partial charge in [-0.3, -0.25) is 4.79 Å².